The molecule has 1 aliphatic carbocycles. The average Bonchev–Trinajstić information content (AvgIpc) is 2.64. The average molecular weight is 327 g/mol. The largest absolute Gasteiger partial charge is 0.497 e. The highest BCUT2D eigenvalue weighted by Crippen LogP contribution is 2.32. The molecule has 1 unspecified atom stereocenters. The van der Waals surface area contributed by atoms with E-state index in [0.29, 0.717) is 12.6 Å². The molecule has 2 aromatic rings. The Morgan fingerprint density at radius 2 is 2.08 bits per heavy atom. The molecule has 3 rings (SSSR count). The van der Waals surface area contributed by atoms with Gasteiger partial charge in [0.2, 0.25) is 0 Å². The van der Waals surface area contributed by atoms with Crippen LogP contribution in [0.1, 0.15) is 35.6 Å². The van der Waals surface area contributed by atoms with Gasteiger partial charge in [0.05, 0.1) is 13.7 Å². The molecule has 0 saturated carbocycles. The molecule has 0 fully saturated rings. The van der Waals surface area contributed by atoms with E-state index in [1.54, 1.807) is 7.11 Å². The monoisotopic (exact) mass is 327 g/mol. The van der Waals surface area contributed by atoms with Gasteiger partial charge in [0.25, 0.3) is 0 Å². The first kappa shape index (κ1) is 16.8. The van der Waals surface area contributed by atoms with E-state index >= 15 is 0 Å². The molecular formula is C20H25NO3. The van der Waals surface area contributed by atoms with Gasteiger partial charge in [0.1, 0.15) is 18.1 Å². The molecule has 0 aliphatic heterocycles. The highest BCUT2D eigenvalue weighted by molar-refractivity contribution is 5.39. The molecule has 1 aliphatic rings. The third-order valence-electron chi connectivity index (χ3n) is 4.52. The summed E-state index contributed by atoms with van der Waals surface area (Å²) in [7, 11) is 1.71. The molecule has 0 amide bonds. The van der Waals surface area contributed by atoms with Gasteiger partial charge in [-0.15, -0.1) is 0 Å². The number of aryl methyl sites for hydroxylation is 1. The van der Waals surface area contributed by atoms with Gasteiger partial charge in [0, 0.05) is 18.2 Å². The lowest BCUT2D eigenvalue weighted by atomic mass is 9.87. The first-order valence-corrected chi connectivity index (χ1v) is 8.53. The Balaban J connectivity index is 1.70. The lowest BCUT2D eigenvalue weighted by Gasteiger charge is -2.27. The van der Waals surface area contributed by atoms with Gasteiger partial charge >= 0.3 is 0 Å². The number of ether oxygens (including phenoxy) is 2. The number of rotatable bonds is 7. The van der Waals surface area contributed by atoms with Crippen LogP contribution in [-0.4, -0.2) is 25.4 Å². The molecule has 24 heavy (non-hydrogen) atoms. The standard InChI is InChI=1S/C20H25NO3/c1-23-17-9-10-18-15(13-17)6-4-7-19(18)21-14-16-5-2-3-8-20(16)24-12-11-22/h2-3,5,8-10,13,19,21-22H,4,6-7,11-12,14H2,1H3. The van der Waals surface area contributed by atoms with Crippen LogP contribution in [0, 0.1) is 0 Å². The van der Waals surface area contributed by atoms with Crippen molar-refractivity contribution in [3.05, 3.63) is 59.2 Å². The van der Waals surface area contributed by atoms with Gasteiger partial charge in [0.15, 0.2) is 0 Å². The number of aliphatic hydroxyl groups excluding tert-OH is 1. The highest BCUT2D eigenvalue weighted by Gasteiger charge is 2.20. The number of methoxy groups -OCH3 is 1. The highest BCUT2D eigenvalue weighted by atomic mass is 16.5. The Morgan fingerprint density at radius 1 is 1.21 bits per heavy atom. The summed E-state index contributed by atoms with van der Waals surface area (Å²) in [6.45, 7) is 1.10. The van der Waals surface area contributed by atoms with Gasteiger partial charge in [-0.3, -0.25) is 0 Å². The van der Waals surface area contributed by atoms with Gasteiger partial charge in [-0.05, 0) is 48.6 Å². The SMILES string of the molecule is COc1ccc2c(c1)CCCC2NCc1ccccc1OCCO. The molecule has 0 radical (unpaired) electrons. The number of benzene rings is 2. The van der Waals surface area contributed by atoms with Gasteiger partial charge in [-0.1, -0.05) is 24.3 Å². The number of fused-ring (bicyclic) bond motifs is 1. The molecule has 4 heteroatoms. The summed E-state index contributed by atoms with van der Waals surface area (Å²) in [6, 6.07) is 14.7. The smallest absolute Gasteiger partial charge is 0.123 e. The normalized spacial score (nSPS) is 16.5. The molecule has 0 saturated heterocycles. The van der Waals surface area contributed by atoms with Gasteiger partial charge < -0.3 is 19.9 Å². The van der Waals surface area contributed by atoms with E-state index in [4.69, 9.17) is 14.6 Å². The van der Waals surface area contributed by atoms with E-state index in [1.807, 2.05) is 24.3 Å². The maximum absolute atomic E-state index is 8.95. The Bertz CT molecular complexity index is 672. The van der Waals surface area contributed by atoms with Crippen LogP contribution in [0.4, 0.5) is 0 Å². The molecule has 2 N–H and O–H groups in total. The minimum absolute atomic E-state index is 0.0274. The van der Waals surface area contributed by atoms with Crippen molar-refractivity contribution < 1.29 is 14.6 Å². The molecule has 0 bridgehead atoms. The summed E-state index contributed by atoms with van der Waals surface area (Å²) >= 11 is 0. The molecular weight excluding hydrogens is 302 g/mol. The third kappa shape index (κ3) is 3.89. The summed E-state index contributed by atoms with van der Waals surface area (Å²) < 4.78 is 11.0. The summed E-state index contributed by atoms with van der Waals surface area (Å²) in [5.74, 6) is 1.77. The van der Waals surface area contributed by atoms with E-state index in [0.717, 1.165) is 36.4 Å². The third-order valence-corrected chi connectivity index (χ3v) is 4.52. The summed E-state index contributed by atoms with van der Waals surface area (Å²) in [5, 5.41) is 12.6. The van der Waals surface area contributed by atoms with Crippen LogP contribution in [0.5, 0.6) is 11.5 Å². The van der Waals surface area contributed by atoms with Crippen molar-refractivity contribution in [1.82, 2.24) is 5.32 Å². The molecule has 128 valence electrons. The van der Waals surface area contributed by atoms with Gasteiger partial charge in [-0.2, -0.15) is 0 Å². The number of hydrogen-bond acceptors (Lipinski definition) is 4. The maximum Gasteiger partial charge on any atom is 0.123 e. The zero-order valence-corrected chi connectivity index (χ0v) is 14.1. The van der Waals surface area contributed by atoms with Crippen LogP contribution in [0.3, 0.4) is 0 Å². The predicted molar refractivity (Wildman–Crippen MR) is 94.5 cm³/mol. The van der Waals surface area contributed by atoms with Crippen molar-refractivity contribution in [2.45, 2.75) is 31.8 Å². The Hall–Kier alpha value is -2.04. The summed E-state index contributed by atoms with van der Waals surface area (Å²) in [6.07, 6.45) is 3.43. The maximum atomic E-state index is 8.95. The topological polar surface area (TPSA) is 50.7 Å². The van der Waals surface area contributed by atoms with E-state index in [1.165, 1.54) is 17.5 Å². The van der Waals surface area contributed by atoms with Crippen LogP contribution in [0.25, 0.3) is 0 Å². The Morgan fingerprint density at radius 3 is 2.92 bits per heavy atom. The van der Waals surface area contributed by atoms with E-state index in [-0.39, 0.29) is 6.61 Å². The van der Waals surface area contributed by atoms with Crippen molar-refractivity contribution in [3.8, 4) is 11.5 Å². The second-order valence-electron chi connectivity index (χ2n) is 6.07. The van der Waals surface area contributed by atoms with Crippen molar-refractivity contribution in [3.63, 3.8) is 0 Å². The molecule has 0 aromatic heterocycles. The minimum atomic E-state index is 0.0274. The zero-order chi connectivity index (χ0) is 16.8. The molecule has 1 atom stereocenters. The first-order chi connectivity index (χ1) is 11.8. The second-order valence-corrected chi connectivity index (χ2v) is 6.07. The quantitative estimate of drug-likeness (QED) is 0.820. The van der Waals surface area contributed by atoms with Crippen LogP contribution in [-0.2, 0) is 13.0 Å². The first-order valence-electron chi connectivity index (χ1n) is 8.53. The van der Waals surface area contributed by atoms with E-state index in [9.17, 15) is 0 Å². The van der Waals surface area contributed by atoms with Crippen LogP contribution >= 0.6 is 0 Å². The fourth-order valence-corrected chi connectivity index (χ4v) is 3.31. The number of para-hydroxylation sites is 1. The molecule has 0 heterocycles. The van der Waals surface area contributed by atoms with Crippen molar-refractivity contribution in [2.75, 3.05) is 20.3 Å². The Kier molecular flexibility index (Phi) is 5.72. The predicted octanol–water partition coefficient (Wildman–Crippen LogP) is 3.23. The van der Waals surface area contributed by atoms with Crippen LogP contribution < -0.4 is 14.8 Å². The number of hydrogen-bond donors (Lipinski definition) is 2. The Labute approximate surface area is 143 Å². The second kappa shape index (κ2) is 8.18. The minimum Gasteiger partial charge on any atom is -0.497 e. The lowest BCUT2D eigenvalue weighted by molar-refractivity contribution is 0.200. The van der Waals surface area contributed by atoms with Crippen molar-refractivity contribution >= 4 is 0 Å². The number of aliphatic hydroxyl groups is 1. The summed E-state index contributed by atoms with van der Waals surface area (Å²) in [4.78, 5) is 0. The van der Waals surface area contributed by atoms with E-state index < -0.39 is 0 Å². The van der Waals surface area contributed by atoms with Crippen LogP contribution in [0.2, 0.25) is 0 Å². The number of nitrogens with one attached hydrogen (secondary N) is 1. The molecule has 4 nitrogen and oxygen atoms in total. The van der Waals surface area contributed by atoms with Crippen molar-refractivity contribution in [2.24, 2.45) is 0 Å². The molecule has 2 aromatic carbocycles. The van der Waals surface area contributed by atoms with Gasteiger partial charge in [-0.25, -0.2) is 0 Å². The van der Waals surface area contributed by atoms with Crippen molar-refractivity contribution in [1.29, 1.82) is 0 Å². The zero-order valence-electron chi connectivity index (χ0n) is 14.1. The van der Waals surface area contributed by atoms with Crippen LogP contribution in [0.15, 0.2) is 42.5 Å². The fourth-order valence-electron chi connectivity index (χ4n) is 3.31. The fraction of sp³-hybridized carbons (Fsp3) is 0.400. The molecule has 0 spiro atoms. The lowest BCUT2D eigenvalue weighted by Crippen LogP contribution is -2.25. The summed E-state index contributed by atoms with van der Waals surface area (Å²) in [5.41, 5.74) is 3.87. The van der Waals surface area contributed by atoms with E-state index in [2.05, 4.69) is 23.5 Å².